The quantitative estimate of drug-likeness (QED) is 0.768. The number of anilines is 1. The highest BCUT2D eigenvalue weighted by Gasteiger charge is 2.36. The highest BCUT2D eigenvalue weighted by Crippen LogP contribution is 2.32. The maximum absolute atomic E-state index is 11.5. The minimum absolute atomic E-state index is 0.179. The van der Waals surface area contributed by atoms with Gasteiger partial charge in [-0.05, 0) is 20.3 Å². The van der Waals surface area contributed by atoms with E-state index in [1.54, 1.807) is 0 Å². The smallest absolute Gasteiger partial charge is 0.360 e. The number of nitrogen functional groups attached to an aromatic ring is 1. The van der Waals surface area contributed by atoms with E-state index in [1.165, 1.54) is 7.11 Å². The van der Waals surface area contributed by atoms with Crippen molar-refractivity contribution in [3.05, 3.63) is 11.5 Å². The zero-order valence-corrected chi connectivity index (χ0v) is 10.3. The van der Waals surface area contributed by atoms with E-state index in [4.69, 9.17) is 10.5 Å². The third-order valence-corrected chi connectivity index (χ3v) is 3.20. The molecule has 0 saturated carbocycles. The molecule has 2 N–H and O–H groups in total. The number of esters is 1. The summed E-state index contributed by atoms with van der Waals surface area (Å²) in [5.74, 6) is 0.546. The van der Waals surface area contributed by atoms with Gasteiger partial charge in [-0.15, -0.1) is 0 Å². The third-order valence-electron chi connectivity index (χ3n) is 3.20. The summed E-state index contributed by atoms with van der Waals surface area (Å²) >= 11 is 0. The zero-order chi connectivity index (χ0) is 12.6. The molecular weight excluding hydrogens is 222 g/mol. The number of carbonyl (C=O) groups is 1. The second kappa shape index (κ2) is 4.03. The van der Waals surface area contributed by atoms with Gasteiger partial charge < -0.3 is 19.8 Å². The standard InChI is InChI=1S/C11H17N3O3/c1-7-13-8(10(15)16-3)9(12)14(7)11(2)4-5-17-6-11/h4-6,12H2,1-3H3. The summed E-state index contributed by atoms with van der Waals surface area (Å²) in [6, 6.07) is 0. The van der Waals surface area contributed by atoms with Crippen LogP contribution in [0, 0.1) is 6.92 Å². The van der Waals surface area contributed by atoms with Crippen molar-refractivity contribution in [2.24, 2.45) is 0 Å². The minimum atomic E-state index is -0.508. The number of imidazole rings is 1. The number of nitrogens with two attached hydrogens (primary N) is 1. The van der Waals surface area contributed by atoms with Crippen molar-refractivity contribution in [3.8, 4) is 0 Å². The van der Waals surface area contributed by atoms with Crippen LogP contribution < -0.4 is 5.73 Å². The summed E-state index contributed by atoms with van der Waals surface area (Å²) in [6.45, 7) is 5.15. The van der Waals surface area contributed by atoms with Crippen molar-refractivity contribution in [2.45, 2.75) is 25.8 Å². The van der Waals surface area contributed by atoms with Crippen LogP contribution in [0.25, 0.3) is 0 Å². The molecule has 0 aliphatic carbocycles. The molecule has 1 aromatic heterocycles. The Balaban J connectivity index is 2.48. The second-order valence-corrected chi connectivity index (χ2v) is 4.52. The summed E-state index contributed by atoms with van der Waals surface area (Å²) in [5.41, 5.74) is 5.94. The third kappa shape index (κ3) is 1.78. The monoisotopic (exact) mass is 239 g/mol. The van der Waals surface area contributed by atoms with Gasteiger partial charge in [-0.1, -0.05) is 0 Å². The molecule has 6 heteroatoms. The summed E-state index contributed by atoms with van der Waals surface area (Å²) in [4.78, 5) is 15.7. The number of hydrogen-bond donors (Lipinski definition) is 1. The molecule has 1 aliphatic rings. The normalized spacial score (nSPS) is 23.9. The van der Waals surface area contributed by atoms with Gasteiger partial charge in [0.05, 0.1) is 19.3 Å². The number of methoxy groups -OCH3 is 1. The highest BCUT2D eigenvalue weighted by atomic mass is 16.5. The Kier molecular flexibility index (Phi) is 2.82. The number of rotatable bonds is 2. The Hall–Kier alpha value is -1.56. The molecule has 0 spiro atoms. The van der Waals surface area contributed by atoms with Crippen LogP contribution in [0.2, 0.25) is 0 Å². The predicted octanol–water partition coefficient (Wildman–Crippen LogP) is 0.696. The Morgan fingerprint density at radius 2 is 2.35 bits per heavy atom. The maximum Gasteiger partial charge on any atom is 0.360 e. The molecule has 1 fully saturated rings. The van der Waals surface area contributed by atoms with E-state index in [2.05, 4.69) is 9.72 Å². The Morgan fingerprint density at radius 1 is 1.65 bits per heavy atom. The van der Waals surface area contributed by atoms with E-state index in [0.717, 1.165) is 6.42 Å². The SMILES string of the molecule is COC(=O)c1nc(C)n(C2(C)CCOC2)c1N. The summed E-state index contributed by atoms with van der Waals surface area (Å²) in [5, 5.41) is 0. The fourth-order valence-corrected chi connectivity index (χ4v) is 2.31. The van der Waals surface area contributed by atoms with E-state index in [0.29, 0.717) is 24.9 Å². The number of aromatic nitrogens is 2. The molecule has 1 aromatic rings. The van der Waals surface area contributed by atoms with Gasteiger partial charge in [-0.25, -0.2) is 9.78 Å². The molecule has 0 amide bonds. The molecule has 17 heavy (non-hydrogen) atoms. The second-order valence-electron chi connectivity index (χ2n) is 4.52. The lowest BCUT2D eigenvalue weighted by molar-refractivity contribution is 0.0595. The molecule has 2 heterocycles. The summed E-state index contributed by atoms with van der Waals surface area (Å²) in [6.07, 6.45) is 0.856. The van der Waals surface area contributed by atoms with E-state index < -0.39 is 5.97 Å². The molecular formula is C11H17N3O3. The first kappa shape index (κ1) is 11.9. The van der Waals surface area contributed by atoms with Crippen LogP contribution >= 0.6 is 0 Å². The molecule has 0 radical (unpaired) electrons. The van der Waals surface area contributed by atoms with Crippen molar-refractivity contribution in [1.29, 1.82) is 0 Å². The maximum atomic E-state index is 11.5. The number of ether oxygens (including phenoxy) is 2. The van der Waals surface area contributed by atoms with Crippen molar-refractivity contribution >= 4 is 11.8 Å². The molecule has 2 rings (SSSR count). The van der Waals surface area contributed by atoms with Crippen LogP contribution in [-0.4, -0.2) is 35.8 Å². The summed E-state index contributed by atoms with van der Waals surface area (Å²) < 4.78 is 11.9. The summed E-state index contributed by atoms with van der Waals surface area (Å²) in [7, 11) is 1.32. The topological polar surface area (TPSA) is 79.4 Å². The highest BCUT2D eigenvalue weighted by molar-refractivity contribution is 5.92. The van der Waals surface area contributed by atoms with Crippen molar-refractivity contribution in [2.75, 3.05) is 26.1 Å². The lowest BCUT2D eigenvalue weighted by Gasteiger charge is -2.26. The number of aryl methyl sites for hydroxylation is 1. The Bertz CT molecular complexity index is 447. The van der Waals surface area contributed by atoms with Crippen LogP contribution in [0.15, 0.2) is 0 Å². The lowest BCUT2D eigenvalue weighted by Crippen LogP contribution is -2.32. The molecule has 1 atom stereocenters. The number of nitrogens with zero attached hydrogens (tertiary/aromatic N) is 2. The van der Waals surface area contributed by atoms with Crippen LogP contribution in [0.4, 0.5) is 5.82 Å². The van der Waals surface area contributed by atoms with E-state index in [-0.39, 0.29) is 11.2 Å². The molecule has 94 valence electrons. The van der Waals surface area contributed by atoms with Crippen molar-refractivity contribution < 1.29 is 14.3 Å². The van der Waals surface area contributed by atoms with Crippen molar-refractivity contribution in [3.63, 3.8) is 0 Å². The van der Waals surface area contributed by atoms with Crippen LogP contribution in [-0.2, 0) is 15.0 Å². The zero-order valence-electron chi connectivity index (χ0n) is 10.3. The van der Waals surface area contributed by atoms with E-state index >= 15 is 0 Å². The lowest BCUT2D eigenvalue weighted by atomic mass is 10.0. The Morgan fingerprint density at radius 3 is 2.88 bits per heavy atom. The predicted molar refractivity (Wildman–Crippen MR) is 61.8 cm³/mol. The van der Waals surface area contributed by atoms with E-state index in [1.807, 2.05) is 18.4 Å². The fourth-order valence-electron chi connectivity index (χ4n) is 2.31. The van der Waals surface area contributed by atoms with Gasteiger partial charge in [0.15, 0.2) is 5.69 Å². The first-order valence-electron chi connectivity index (χ1n) is 5.51. The fraction of sp³-hybridized carbons (Fsp3) is 0.636. The van der Waals surface area contributed by atoms with Crippen molar-refractivity contribution in [1.82, 2.24) is 9.55 Å². The van der Waals surface area contributed by atoms with Gasteiger partial charge in [0.1, 0.15) is 11.6 Å². The molecule has 1 unspecified atom stereocenters. The molecule has 6 nitrogen and oxygen atoms in total. The largest absolute Gasteiger partial charge is 0.464 e. The molecule has 1 saturated heterocycles. The van der Waals surface area contributed by atoms with Crippen LogP contribution in [0.3, 0.4) is 0 Å². The number of hydrogen-bond acceptors (Lipinski definition) is 5. The van der Waals surface area contributed by atoms with Gasteiger partial charge in [0, 0.05) is 6.61 Å². The Labute approximate surface area is 99.7 Å². The molecule has 0 bridgehead atoms. The van der Waals surface area contributed by atoms with Gasteiger partial charge in [-0.3, -0.25) is 0 Å². The van der Waals surface area contributed by atoms with Crippen LogP contribution in [0.1, 0.15) is 29.7 Å². The van der Waals surface area contributed by atoms with Gasteiger partial charge >= 0.3 is 5.97 Å². The average molecular weight is 239 g/mol. The molecule has 0 aromatic carbocycles. The first-order chi connectivity index (χ1) is 7.99. The molecule has 1 aliphatic heterocycles. The van der Waals surface area contributed by atoms with Gasteiger partial charge in [0.2, 0.25) is 0 Å². The minimum Gasteiger partial charge on any atom is -0.464 e. The van der Waals surface area contributed by atoms with E-state index in [9.17, 15) is 4.79 Å². The first-order valence-corrected chi connectivity index (χ1v) is 5.51. The van der Waals surface area contributed by atoms with Gasteiger partial charge in [-0.2, -0.15) is 0 Å². The van der Waals surface area contributed by atoms with Crippen LogP contribution in [0.5, 0.6) is 0 Å². The van der Waals surface area contributed by atoms with Gasteiger partial charge in [0.25, 0.3) is 0 Å². The average Bonchev–Trinajstić information content (AvgIpc) is 2.83. The number of carbonyl (C=O) groups excluding carboxylic acids is 1.